The Labute approximate surface area is 118 Å². The van der Waals surface area contributed by atoms with Crippen LogP contribution in [0.3, 0.4) is 0 Å². The molecule has 100 valence electrons. The third-order valence-electron chi connectivity index (χ3n) is 3.13. The normalized spacial score (nSPS) is 22.1. The minimum Gasteiger partial charge on any atom is -0.207 e. The molecule has 18 heavy (non-hydrogen) atoms. The van der Waals surface area contributed by atoms with E-state index in [2.05, 4.69) is 6.92 Å². The SMILES string of the molecule is C[C@@H]1CCCN(S(=O)(=O)c2cc(Cl)ccc2Cl)C1. The first-order valence-corrected chi connectivity index (χ1v) is 8.06. The van der Waals surface area contributed by atoms with E-state index in [0.29, 0.717) is 24.0 Å². The molecule has 1 heterocycles. The molecule has 1 aliphatic rings. The van der Waals surface area contributed by atoms with Crippen LogP contribution in [0.2, 0.25) is 10.0 Å². The summed E-state index contributed by atoms with van der Waals surface area (Å²) in [6, 6.07) is 4.52. The predicted octanol–water partition coefficient (Wildman–Crippen LogP) is 3.41. The Morgan fingerprint density at radius 2 is 2.06 bits per heavy atom. The number of piperidine rings is 1. The van der Waals surface area contributed by atoms with Gasteiger partial charge in [-0.05, 0) is 37.0 Å². The highest BCUT2D eigenvalue weighted by Gasteiger charge is 2.30. The fraction of sp³-hybridized carbons (Fsp3) is 0.500. The predicted molar refractivity (Wildman–Crippen MR) is 73.6 cm³/mol. The van der Waals surface area contributed by atoms with Crippen molar-refractivity contribution in [2.75, 3.05) is 13.1 Å². The van der Waals surface area contributed by atoms with Crippen molar-refractivity contribution in [3.05, 3.63) is 28.2 Å². The molecule has 0 N–H and O–H groups in total. The van der Waals surface area contributed by atoms with Crippen LogP contribution in [0.5, 0.6) is 0 Å². The van der Waals surface area contributed by atoms with Gasteiger partial charge in [-0.25, -0.2) is 8.42 Å². The summed E-state index contributed by atoms with van der Waals surface area (Å²) < 4.78 is 26.5. The van der Waals surface area contributed by atoms with Gasteiger partial charge < -0.3 is 0 Å². The molecule has 1 aromatic carbocycles. The van der Waals surface area contributed by atoms with Crippen LogP contribution in [-0.2, 0) is 10.0 Å². The molecule has 0 bridgehead atoms. The van der Waals surface area contributed by atoms with Gasteiger partial charge in [-0.3, -0.25) is 0 Å². The Bertz CT molecular complexity index is 545. The molecular weight excluding hydrogens is 293 g/mol. The van der Waals surface area contributed by atoms with Gasteiger partial charge in [0.25, 0.3) is 0 Å². The fourth-order valence-electron chi connectivity index (χ4n) is 2.18. The minimum atomic E-state index is -3.53. The zero-order chi connectivity index (χ0) is 13.3. The Hall–Kier alpha value is -0.290. The van der Waals surface area contributed by atoms with E-state index in [1.165, 1.54) is 16.4 Å². The van der Waals surface area contributed by atoms with Crippen LogP contribution in [0.15, 0.2) is 23.1 Å². The maximum atomic E-state index is 12.5. The van der Waals surface area contributed by atoms with Crippen molar-refractivity contribution in [3.63, 3.8) is 0 Å². The van der Waals surface area contributed by atoms with Gasteiger partial charge in [0.05, 0.1) is 5.02 Å². The molecule has 1 atom stereocenters. The van der Waals surface area contributed by atoms with Crippen LogP contribution < -0.4 is 0 Å². The smallest absolute Gasteiger partial charge is 0.207 e. The Balaban J connectivity index is 2.38. The molecular formula is C12H15Cl2NO2S. The second-order valence-corrected chi connectivity index (χ2v) is 7.44. The van der Waals surface area contributed by atoms with Crippen LogP contribution >= 0.6 is 23.2 Å². The van der Waals surface area contributed by atoms with Crippen molar-refractivity contribution in [1.82, 2.24) is 4.31 Å². The molecule has 1 saturated heterocycles. The Kier molecular flexibility index (Phi) is 4.22. The van der Waals surface area contributed by atoms with Crippen LogP contribution in [-0.4, -0.2) is 25.8 Å². The van der Waals surface area contributed by atoms with Crippen LogP contribution in [0.25, 0.3) is 0 Å². The van der Waals surface area contributed by atoms with Gasteiger partial charge in [-0.2, -0.15) is 4.31 Å². The first kappa shape index (κ1) is 14.1. The average Bonchev–Trinajstić information content (AvgIpc) is 2.32. The summed E-state index contributed by atoms with van der Waals surface area (Å²) in [7, 11) is -3.53. The number of rotatable bonds is 2. The molecule has 6 heteroatoms. The van der Waals surface area contributed by atoms with Gasteiger partial charge in [0.1, 0.15) is 4.90 Å². The van der Waals surface area contributed by atoms with Crippen LogP contribution in [0.4, 0.5) is 0 Å². The Morgan fingerprint density at radius 1 is 1.33 bits per heavy atom. The summed E-state index contributed by atoms with van der Waals surface area (Å²) >= 11 is 11.8. The maximum absolute atomic E-state index is 12.5. The highest BCUT2D eigenvalue weighted by atomic mass is 35.5. The first-order valence-electron chi connectivity index (χ1n) is 5.86. The fourth-order valence-corrected chi connectivity index (χ4v) is 4.51. The van der Waals surface area contributed by atoms with Crippen LogP contribution in [0, 0.1) is 5.92 Å². The summed E-state index contributed by atoms with van der Waals surface area (Å²) in [6.45, 7) is 3.15. The topological polar surface area (TPSA) is 37.4 Å². The lowest BCUT2D eigenvalue weighted by molar-refractivity contribution is 0.281. The number of benzene rings is 1. The third-order valence-corrected chi connectivity index (χ3v) is 5.71. The molecule has 2 rings (SSSR count). The van der Waals surface area contributed by atoms with Crippen molar-refractivity contribution in [3.8, 4) is 0 Å². The van der Waals surface area contributed by atoms with Crippen molar-refractivity contribution >= 4 is 33.2 Å². The lowest BCUT2D eigenvalue weighted by Crippen LogP contribution is -2.39. The summed E-state index contributed by atoms with van der Waals surface area (Å²) in [4.78, 5) is 0.103. The number of hydrogen-bond acceptors (Lipinski definition) is 2. The molecule has 1 aromatic rings. The van der Waals surface area contributed by atoms with E-state index in [9.17, 15) is 8.42 Å². The number of halogens is 2. The van der Waals surface area contributed by atoms with Gasteiger partial charge >= 0.3 is 0 Å². The molecule has 0 amide bonds. The van der Waals surface area contributed by atoms with Gasteiger partial charge in [0.2, 0.25) is 10.0 Å². The van der Waals surface area contributed by atoms with E-state index < -0.39 is 10.0 Å². The maximum Gasteiger partial charge on any atom is 0.244 e. The zero-order valence-electron chi connectivity index (χ0n) is 10.1. The van der Waals surface area contributed by atoms with E-state index in [1.807, 2.05) is 0 Å². The molecule has 1 aliphatic heterocycles. The van der Waals surface area contributed by atoms with E-state index >= 15 is 0 Å². The molecule has 1 fully saturated rings. The van der Waals surface area contributed by atoms with Crippen LogP contribution in [0.1, 0.15) is 19.8 Å². The molecule has 0 spiro atoms. The van der Waals surface area contributed by atoms with Crippen molar-refractivity contribution in [1.29, 1.82) is 0 Å². The molecule has 0 radical (unpaired) electrons. The zero-order valence-corrected chi connectivity index (χ0v) is 12.4. The van der Waals surface area contributed by atoms with E-state index in [-0.39, 0.29) is 9.92 Å². The molecule has 0 aromatic heterocycles. The number of hydrogen-bond donors (Lipinski definition) is 0. The summed E-state index contributed by atoms with van der Waals surface area (Å²) in [5, 5.41) is 0.598. The second kappa shape index (κ2) is 5.37. The second-order valence-electron chi connectivity index (χ2n) is 4.69. The van der Waals surface area contributed by atoms with E-state index in [0.717, 1.165) is 12.8 Å². The number of sulfonamides is 1. The highest BCUT2D eigenvalue weighted by Crippen LogP contribution is 2.30. The first-order chi connectivity index (χ1) is 8.41. The van der Waals surface area contributed by atoms with E-state index in [4.69, 9.17) is 23.2 Å². The molecule has 0 aliphatic carbocycles. The van der Waals surface area contributed by atoms with Crippen molar-refractivity contribution in [2.24, 2.45) is 5.92 Å². The van der Waals surface area contributed by atoms with E-state index in [1.54, 1.807) is 6.07 Å². The lowest BCUT2D eigenvalue weighted by Gasteiger charge is -2.30. The van der Waals surface area contributed by atoms with Crippen molar-refractivity contribution in [2.45, 2.75) is 24.7 Å². The summed E-state index contributed by atoms with van der Waals surface area (Å²) in [5.74, 6) is 0.381. The summed E-state index contributed by atoms with van der Waals surface area (Å²) in [6.07, 6.45) is 1.95. The number of nitrogens with zero attached hydrogens (tertiary/aromatic N) is 1. The van der Waals surface area contributed by atoms with Gasteiger partial charge in [0.15, 0.2) is 0 Å². The molecule has 3 nitrogen and oxygen atoms in total. The highest BCUT2D eigenvalue weighted by molar-refractivity contribution is 7.89. The third kappa shape index (κ3) is 2.82. The Morgan fingerprint density at radius 3 is 2.72 bits per heavy atom. The minimum absolute atomic E-state index is 0.103. The lowest BCUT2D eigenvalue weighted by atomic mass is 10.0. The largest absolute Gasteiger partial charge is 0.244 e. The van der Waals surface area contributed by atoms with Gasteiger partial charge in [-0.1, -0.05) is 30.1 Å². The monoisotopic (exact) mass is 307 g/mol. The summed E-state index contributed by atoms with van der Waals surface area (Å²) in [5.41, 5.74) is 0. The molecule has 0 unspecified atom stereocenters. The average molecular weight is 308 g/mol. The van der Waals surface area contributed by atoms with Crippen molar-refractivity contribution < 1.29 is 8.42 Å². The molecule has 0 saturated carbocycles. The standard InChI is InChI=1S/C12H15Cl2NO2S/c1-9-3-2-6-15(8-9)18(16,17)12-7-10(13)4-5-11(12)14/h4-5,7,9H,2-3,6,8H2,1H3/t9-/m1/s1. The van der Waals surface area contributed by atoms with Gasteiger partial charge in [-0.15, -0.1) is 0 Å². The quantitative estimate of drug-likeness (QED) is 0.839. The van der Waals surface area contributed by atoms with Gasteiger partial charge in [0, 0.05) is 18.1 Å².